The molecule has 0 saturated heterocycles. The molecule has 0 radical (unpaired) electrons. The molecule has 0 spiro atoms. The number of benzene rings is 1. The third kappa shape index (κ3) is 5.26. The van der Waals surface area contributed by atoms with Gasteiger partial charge >= 0.3 is 0 Å². The average molecular weight is 326 g/mol. The highest BCUT2D eigenvalue weighted by molar-refractivity contribution is 5.79. The summed E-state index contributed by atoms with van der Waals surface area (Å²) in [6.45, 7) is 5.71. The Hall–Kier alpha value is -2.56. The molecule has 128 valence electrons. The molecule has 5 nitrogen and oxygen atoms in total. The van der Waals surface area contributed by atoms with Gasteiger partial charge in [-0.15, -0.1) is 0 Å². The van der Waals surface area contributed by atoms with E-state index in [2.05, 4.69) is 58.7 Å². The number of rotatable bonds is 6. The van der Waals surface area contributed by atoms with Crippen LogP contribution >= 0.6 is 0 Å². The van der Waals surface area contributed by atoms with E-state index >= 15 is 0 Å². The van der Waals surface area contributed by atoms with Crippen molar-refractivity contribution in [3.8, 4) is 5.88 Å². The normalized spacial score (nSPS) is 12.6. The zero-order valence-electron chi connectivity index (χ0n) is 14.8. The highest BCUT2D eigenvalue weighted by Crippen LogP contribution is 2.14. The maximum atomic E-state index is 5.14. The van der Waals surface area contributed by atoms with Crippen LogP contribution in [0.25, 0.3) is 0 Å². The minimum atomic E-state index is 0.402. The Morgan fingerprint density at radius 1 is 1.17 bits per heavy atom. The zero-order chi connectivity index (χ0) is 17.4. The lowest BCUT2D eigenvalue weighted by atomic mass is 10.0. The van der Waals surface area contributed by atoms with Crippen LogP contribution in [0.15, 0.2) is 47.5 Å². The van der Waals surface area contributed by atoms with E-state index in [1.165, 1.54) is 11.1 Å². The fourth-order valence-electron chi connectivity index (χ4n) is 2.33. The van der Waals surface area contributed by atoms with Crippen LogP contribution < -0.4 is 15.4 Å². The highest BCUT2D eigenvalue weighted by atomic mass is 16.5. The molecular formula is C19H26N4O. The van der Waals surface area contributed by atoms with Crippen molar-refractivity contribution in [2.45, 2.75) is 26.3 Å². The summed E-state index contributed by atoms with van der Waals surface area (Å²) in [4.78, 5) is 8.64. The van der Waals surface area contributed by atoms with E-state index in [-0.39, 0.29) is 0 Å². The van der Waals surface area contributed by atoms with Crippen LogP contribution in [0, 0.1) is 6.92 Å². The molecule has 2 aromatic rings. The molecule has 1 heterocycles. The first-order valence-electron chi connectivity index (χ1n) is 8.13. The van der Waals surface area contributed by atoms with Crippen molar-refractivity contribution in [3.63, 3.8) is 0 Å². The van der Waals surface area contributed by atoms with Gasteiger partial charge in [0.1, 0.15) is 0 Å². The van der Waals surface area contributed by atoms with Gasteiger partial charge in [-0.25, -0.2) is 4.98 Å². The number of ether oxygens (including phenoxy) is 1. The molecule has 0 saturated carbocycles. The summed E-state index contributed by atoms with van der Waals surface area (Å²) in [6.07, 6.45) is 0. The standard InChI is InChI=1S/C19H26N4O/c1-14-8-10-16(11-9-14)15(2)12-21-19(20-3)22-13-17-6-5-7-18(23-17)24-4/h5-11,15H,12-13H2,1-4H3,(H2,20,21,22). The fourth-order valence-corrected chi connectivity index (χ4v) is 2.33. The maximum Gasteiger partial charge on any atom is 0.213 e. The highest BCUT2D eigenvalue weighted by Gasteiger charge is 2.07. The number of guanidine groups is 1. The van der Waals surface area contributed by atoms with Crippen LogP contribution in [0.5, 0.6) is 5.88 Å². The van der Waals surface area contributed by atoms with Crippen LogP contribution in [0.1, 0.15) is 29.7 Å². The summed E-state index contributed by atoms with van der Waals surface area (Å²) in [7, 11) is 3.39. The summed E-state index contributed by atoms with van der Waals surface area (Å²) < 4.78 is 5.14. The SMILES string of the molecule is CN=C(NCc1cccc(OC)n1)NCC(C)c1ccc(C)cc1. The molecule has 0 aliphatic heterocycles. The number of nitrogens with zero attached hydrogens (tertiary/aromatic N) is 2. The number of methoxy groups -OCH3 is 1. The molecule has 5 heteroatoms. The van der Waals surface area contributed by atoms with Crippen molar-refractivity contribution < 1.29 is 4.74 Å². The van der Waals surface area contributed by atoms with Gasteiger partial charge in [0.25, 0.3) is 0 Å². The van der Waals surface area contributed by atoms with Gasteiger partial charge < -0.3 is 15.4 Å². The lowest BCUT2D eigenvalue weighted by Gasteiger charge is -2.16. The van der Waals surface area contributed by atoms with Crippen molar-refractivity contribution in [2.75, 3.05) is 20.7 Å². The lowest BCUT2D eigenvalue weighted by molar-refractivity contribution is 0.396. The summed E-state index contributed by atoms with van der Waals surface area (Å²) in [5.41, 5.74) is 3.50. The third-order valence-corrected chi connectivity index (χ3v) is 3.87. The van der Waals surface area contributed by atoms with Gasteiger partial charge in [0, 0.05) is 19.7 Å². The first-order chi connectivity index (χ1) is 11.6. The molecule has 1 unspecified atom stereocenters. The Morgan fingerprint density at radius 3 is 2.58 bits per heavy atom. The van der Waals surface area contributed by atoms with Crippen molar-refractivity contribution in [1.82, 2.24) is 15.6 Å². The van der Waals surface area contributed by atoms with Gasteiger partial charge in [-0.05, 0) is 24.5 Å². The molecule has 0 aliphatic carbocycles. The van der Waals surface area contributed by atoms with Crippen LogP contribution in [0.2, 0.25) is 0 Å². The third-order valence-electron chi connectivity index (χ3n) is 3.87. The topological polar surface area (TPSA) is 58.5 Å². The Kier molecular flexibility index (Phi) is 6.61. The average Bonchev–Trinajstić information content (AvgIpc) is 2.62. The summed E-state index contributed by atoms with van der Waals surface area (Å²) in [5.74, 6) is 1.78. The number of nitrogens with one attached hydrogen (secondary N) is 2. The van der Waals surface area contributed by atoms with Gasteiger partial charge in [-0.1, -0.05) is 42.8 Å². The van der Waals surface area contributed by atoms with E-state index in [1.54, 1.807) is 14.2 Å². The molecule has 1 aromatic heterocycles. The Balaban J connectivity index is 1.84. The van der Waals surface area contributed by atoms with Gasteiger partial charge in [0.05, 0.1) is 19.3 Å². The van der Waals surface area contributed by atoms with E-state index in [4.69, 9.17) is 4.74 Å². The number of hydrogen-bond donors (Lipinski definition) is 2. The minimum absolute atomic E-state index is 0.402. The van der Waals surface area contributed by atoms with Crippen molar-refractivity contribution >= 4 is 5.96 Å². The van der Waals surface area contributed by atoms with E-state index in [9.17, 15) is 0 Å². The molecular weight excluding hydrogens is 300 g/mol. The van der Waals surface area contributed by atoms with Gasteiger partial charge in [0.2, 0.25) is 5.88 Å². The van der Waals surface area contributed by atoms with E-state index < -0.39 is 0 Å². The molecule has 24 heavy (non-hydrogen) atoms. The Bertz CT molecular complexity index is 667. The van der Waals surface area contributed by atoms with Gasteiger partial charge in [-0.2, -0.15) is 0 Å². The Labute approximate surface area is 144 Å². The van der Waals surface area contributed by atoms with E-state index in [0.29, 0.717) is 18.3 Å². The number of aromatic nitrogens is 1. The molecule has 0 bridgehead atoms. The van der Waals surface area contributed by atoms with E-state index in [0.717, 1.165) is 18.2 Å². The fraction of sp³-hybridized carbons (Fsp3) is 0.368. The quantitative estimate of drug-likeness (QED) is 0.633. The second-order valence-corrected chi connectivity index (χ2v) is 5.79. The van der Waals surface area contributed by atoms with Crippen LogP contribution in [0.3, 0.4) is 0 Å². The summed E-state index contributed by atoms with van der Waals surface area (Å²) in [6, 6.07) is 14.4. The molecule has 0 amide bonds. The first-order valence-corrected chi connectivity index (χ1v) is 8.13. The van der Waals surface area contributed by atoms with Crippen molar-refractivity contribution in [1.29, 1.82) is 0 Å². The monoisotopic (exact) mass is 326 g/mol. The smallest absolute Gasteiger partial charge is 0.213 e. The Morgan fingerprint density at radius 2 is 1.92 bits per heavy atom. The molecule has 0 fully saturated rings. The summed E-state index contributed by atoms with van der Waals surface area (Å²) >= 11 is 0. The molecule has 0 aliphatic rings. The predicted octanol–water partition coefficient (Wildman–Crippen LogP) is 2.87. The molecule has 1 atom stereocenters. The van der Waals surface area contributed by atoms with Crippen molar-refractivity contribution in [2.24, 2.45) is 4.99 Å². The van der Waals surface area contributed by atoms with Crippen LogP contribution in [0.4, 0.5) is 0 Å². The number of aryl methyl sites for hydroxylation is 1. The van der Waals surface area contributed by atoms with E-state index in [1.807, 2.05) is 18.2 Å². The van der Waals surface area contributed by atoms with Crippen LogP contribution in [-0.4, -0.2) is 31.6 Å². The number of pyridine rings is 1. The van der Waals surface area contributed by atoms with Crippen LogP contribution in [-0.2, 0) is 6.54 Å². The number of hydrogen-bond acceptors (Lipinski definition) is 3. The largest absolute Gasteiger partial charge is 0.481 e. The maximum absolute atomic E-state index is 5.14. The van der Waals surface area contributed by atoms with Gasteiger partial charge in [0.15, 0.2) is 5.96 Å². The second-order valence-electron chi connectivity index (χ2n) is 5.79. The molecule has 2 N–H and O–H groups in total. The minimum Gasteiger partial charge on any atom is -0.481 e. The second kappa shape index (κ2) is 8.91. The molecule has 2 rings (SSSR count). The zero-order valence-corrected chi connectivity index (χ0v) is 14.8. The number of aliphatic imine (C=N–C) groups is 1. The van der Waals surface area contributed by atoms with Crippen molar-refractivity contribution in [3.05, 3.63) is 59.3 Å². The lowest BCUT2D eigenvalue weighted by Crippen LogP contribution is -2.38. The summed E-state index contributed by atoms with van der Waals surface area (Å²) in [5, 5.41) is 6.63. The van der Waals surface area contributed by atoms with Gasteiger partial charge in [-0.3, -0.25) is 4.99 Å². The predicted molar refractivity (Wildman–Crippen MR) is 98.6 cm³/mol. The first kappa shape index (κ1) is 17.8. The molecule has 1 aromatic carbocycles.